The van der Waals surface area contributed by atoms with Crippen molar-refractivity contribution < 1.29 is 23.1 Å². The summed E-state index contributed by atoms with van der Waals surface area (Å²) in [5, 5.41) is 12.9. The Morgan fingerprint density at radius 1 is 0.946 bits per heavy atom. The maximum Gasteiger partial charge on any atom is 0.335 e. The first-order valence-corrected chi connectivity index (χ1v) is 11.0. The van der Waals surface area contributed by atoms with Gasteiger partial charge in [0, 0.05) is 22.8 Å². The first-order valence-electron chi connectivity index (χ1n) is 11.0. The first kappa shape index (κ1) is 23.8. The van der Waals surface area contributed by atoms with E-state index in [1.165, 1.54) is 30.3 Å². The number of rotatable bonds is 4. The van der Waals surface area contributed by atoms with Crippen molar-refractivity contribution in [3.05, 3.63) is 107 Å². The Morgan fingerprint density at radius 2 is 1.68 bits per heavy atom. The fourth-order valence-corrected chi connectivity index (χ4v) is 4.22. The highest BCUT2D eigenvalue weighted by molar-refractivity contribution is 6.19. The van der Waals surface area contributed by atoms with E-state index in [0.717, 1.165) is 5.39 Å². The molecule has 1 aliphatic heterocycles. The van der Waals surface area contributed by atoms with Crippen molar-refractivity contribution in [2.24, 2.45) is 4.99 Å². The smallest absolute Gasteiger partial charge is 0.335 e. The Balaban J connectivity index is 0.00000280. The van der Waals surface area contributed by atoms with Gasteiger partial charge in [0.1, 0.15) is 22.9 Å². The van der Waals surface area contributed by atoms with Crippen molar-refractivity contribution >= 4 is 34.3 Å². The lowest BCUT2D eigenvalue weighted by Gasteiger charge is -2.10. The molecule has 7 nitrogen and oxygen atoms in total. The van der Waals surface area contributed by atoms with Gasteiger partial charge in [0.2, 0.25) is 5.95 Å². The minimum absolute atomic E-state index is 0. The topological polar surface area (TPSA) is 101 Å². The number of carbonyl (C=O) groups is 1. The highest BCUT2D eigenvalue weighted by atomic mass is 19.1. The van der Waals surface area contributed by atoms with Crippen molar-refractivity contribution in [2.45, 2.75) is 14.0 Å². The normalized spacial score (nSPS) is 12.1. The summed E-state index contributed by atoms with van der Waals surface area (Å²) in [4.78, 5) is 24.7. The quantitative estimate of drug-likeness (QED) is 0.290. The average Bonchev–Trinajstić information content (AvgIpc) is 3.18. The predicted octanol–water partition coefficient (Wildman–Crippen LogP) is 6.60. The molecular formula is C28H20F2N4O3. The number of nitrogens with one attached hydrogen (secondary N) is 1. The number of halogens is 2. The van der Waals surface area contributed by atoms with Crippen LogP contribution in [0.2, 0.25) is 0 Å². The lowest BCUT2D eigenvalue weighted by atomic mass is 9.99. The number of nitrogens with zero attached hydrogens (tertiary/aromatic N) is 3. The second kappa shape index (κ2) is 9.27. The van der Waals surface area contributed by atoms with Gasteiger partial charge in [0.15, 0.2) is 5.76 Å². The zero-order valence-electron chi connectivity index (χ0n) is 18.5. The van der Waals surface area contributed by atoms with Crippen LogP contribution in [0.3, 0.4) is 0 Å². The number of anilines is 2. The van der Waals surface area contributed by atoms with Crippen LogP contribution in [0.4, 0.5) is 20.4 Å². The summed E-state index contributed by atoms with van der Waals surface area (Å²) < 4.78 is 35.7. The lowest BCUT2D eigenvalue weighted by molar-refractivity contribution is 0.0697. The van der Waals surface area contributed by atoms with Gasteiger partial charge < -0.3 is 14.8 Å². The number of para-hydroxylation sites is 1. The van der Waals surface area contributed by atoms with Crippen molar-refractivity contribution in [2.75, 3.05) is 5.32 Å². The number of carboxylic acid groups (broad SMARTS) is 1. The van der Waals surface area contributed by atoms with Crippen molar-refractivity contribution in [3.63, 3.8) is 0 Å². The zero-order valence-corrected chi connectivity index (χ0v) is 18.5. The fourth-order valence-electron chi connectivity index (χ4n) is 4.22. The molecule has 37 heavy (non-hydrogen) atoms. The second-order valence-electron chi connectivity index (χ2n) is 8.14. The molecule has 2 aromatic heterocycles. The Kier molecular flexibility index (Phi) is 5.96. The van der Waals surface area contributed by atoms with E-state index in [1.807, 2.05) is 12.1 Å². The van der Waals surface area contributed by atoms with Crippen LogP contribution in [-0.4, -0.2) is 26.8 Å². The maximum atomic E-state index is 14.8. The van der Waals surface area contributed by atoms with E-state index in [-0.39, 0.29) is 42.5 Å². The van der Waals surface area contributed by atoms with E-state index in [4.69, 9.17) is 14.5 Å². The van der Waals surface area contributed by atoms with E-state index < -0.39 is 17.6 Å². The molecule has 5 aromatic rings. The van der Waals surface area contributed by atoms with Gasteiger partial charge in [-0.3, -0.25) is 4.99 Å². The minimum atomic E-state index is -1.02. The first-order chi connectivity index (χ1) is 17.5. The van der Waals surface area contributed by atoms with Crippen molar-refractivity contribution in [1.29, 1.82) is 0 Å². The van der Waals surface area contributed by atoms with Gasteiger partial charge in [-0.25, -0.2) is 23.5 Å². The summed E-state index contributed by atoms with van der Waals surface area (Å²) in [5.74, 6) is -2.04. The number of benzene rings is 3. The molecular weight excluding hydrogens is 478 g/mol. The highest BCUT2D eigenvalue weighted by Gasteiger charge is 2.30. The molecule has 0 atom stereocenters. The van der Waals surface area contributed by atoms with E-state index in [2.05, 4.69) is 15.3 Å². The molecule has 0 radical (unpaired) electrons. The standard InChI is InChI=1S/C27H16F2N4O3.CH4/c28-18-5-3-6-19(29)22(18)24-25-21(17-4-1-2-7-20(17)36-25)23-15(12-30-24)13-31-27(33-23)32-16-10-8-14(9-11-16)26(34)35;/h1-11,13H,12H2,(H,34,35)(H,31,32,33);1H4. The van der Waals surface area contributed by atoms with Crippen LogP contribution in [0.5, 0.6) is 0 Å². The molecule has 0 aliphatic carbocycles. The second-order valence-corrected chi connectivity index (χ2v) is 8.14. The van der Waals surface area contributed by atoms with E-state index in [1.54, 1.807) is 30.5 Å². The van der Waals surface area contributed by atoms with Gasteiger partial charge in [-0.05, 0) is 42.5 Å². The highest BCUT2D eigenvalue weighted by Crippen LogP contribution is 2.40. The van der Waals surface area contributed by atoms with Gasteiger partial charge in [-0.2, -0.15) is 0 Å². The van der Waals surface area contributed by atoms with Crippen LogP contribution in [0.1, 0.15) is 34.7 Å². The Hall–Kier alpha value is -4.92. The molecule has 0 fully saturated rings. The lowest BCUT2D eigenvalue weighted by Crippen LogP contribution is -2.09. The molecule has 3 heterocycles. The molecule has 2 N–H and O–H groups in total. The van der Waals surface area contributed by atoms with Crippen molar-refractivity contribution in [1.82, 2.24) is 9.97 Å². The Labute approximate surface area is 210 Å². The Bertz CT molecular complexity index is 1670. The number of carboxylic acids is 1. The summed E-state index contributed by atoms with van der Waals surface area (Å²) >= 11 is 0. The number of aromatic nitrogens is 2. The Morgan fingerprint density at radius 3 is 2.41 bits per heavy atom. The predicted molar refractivity (Wildman–Crippen MR) is 136 cm³/mol. The van der Waals surface area contributed by atoms with Gasteiger partial charge in [0.25, 0.3) is 0 Å². The fraction of sp³-hybridized carbons (Fsp3) is 0.0714. The van der Waals surface area contributed by atoms with Gasteiger partial charge in [-0.15, -0.1) is 0 Å². The van der Waals surface area contributed by atoms with Crippen LogP contribution in [0, 0.1) is 11.6 Å². The molecule has 6 rings (SSSR count). The van der Waals surface area contributed by atoms with Gasteiger partial charge >= 0.3 is 5.97 Å². The molecule has 0 unspecified atom stereocenters. The molecule has 3 aromatic carbocycles. The van der Waals surface area contributed by atoms with Gasteiger partial charge in [-0.1, -0.05) is 31.7 Å². The summed E-state index contributed by atoms with van der Waals surface area (Å²) in [6, 6.07) is 17.1. The third-order valence-electron chi connectivity index (χ3n) is 5.91. The number of hydrogen-bond acceptors (Lipinski definition) is 6. The number of fused-ring (bicyclic) bond motifs is 5. The van der Waals surface area contributed by atoms with E-state index in [0.29, 0.717) is 28.1 Å². The molecule has 1 aliphatic rings. The molecule has 0 amide bonds. The van der Waals surface area contributed by atoms with E-state index >= 15 is 0 Å². The molecule has 0 bridgehead atoms. The van der Waals surface area contributed by atoms with Crippen LogP contribution < -0.4 is 5.32 Å². The van der Waals surface area contributed by atoms with E-state index in [9.17, 15) is 13.6 Å². The maximum absolute atomic E-state index is 14.8. The summed E-state index contributed by atoms with van der Waals surface area (Å²) in [6.45, 7) is 0.0879. The third-order valence-corrected chi connectivity index (χ3v) is 5.91. The van der Waals surface area contributed by atoms with Gasteiger partial charge in [0.05, 0.1) is 28.9 Å². The number of furan rings is 1. The van der Waals surface area contributed by atoms with Crippen LogP contribution in [-0.2, 0) is 6.54 Å². The van der Waals surface area contributed by atoms with Crippen LogP contribution >= 0.6 is 0 Å². The average molecular weight is 498 g/mol. The molecule has 9 heteroatoms. The minimum Gasteiger partial charge on any atom is -0.478 e. The molecule has 184 valence electrons. The zero-order chi connectivity index (χ0) is 24.8. The number of aromatic carboxylic acids is 1. The van der Waals surface area contributed by atoms with Crippen LogP contribution in [0.15, 0.2) is 82.3 Å². The summed E-state index contributed by atoms with van der Waals surface area (Å²) in [6.07, 6.45) is 1.60. The molecule has 0 saturated heterocycles. The number of aliphatic imine (C=N–C) groups is 1. The molecule has 0 spiro atoms. The molecule has 0 saturated carbocycles. The monoisotopic (exact) mass is 498 g/mol. The van der Waals surface area contributed by atoms with Crippen molar-refractivity contribution in [3.8, 4) is 11.3 Å². The SMILES string of the molecule is C.O=C(O)c1ccc(Nc2ncc3c(n2)-c2c(oc4ccccc24)C(c2c(F)cccc2F)=NC3)cc1. The third kappa shape index (κ3) is 4.10. The number of hydrogen-bond donors (Lipinski definition) is 2. The largest absolute Gasteiger partial charge is 0.478 e. The van der Waals surface area contributed by atoms with Crippen LogP contribution in [0.25, 0.3) is 22.2 Å². The summed E-state index contributed by atoms with van der Waals surface area (Å²) in [7, 11) is 0. The summed E-state index contributed by atoms with van der Waals surface area (Å²) in [5.41, 5.74) is 2.80.